The molecule has 0 aromatic heterocycles. The van der Waals surface area contributed by atoms with Crippen LogP contribution in [0.15, 0.2) is 95.7 Å². The van der Waals surface area contributed by atoms with Crippen molar-refractivity contribution in [2.45, 2.75) is 20.4 Å². The van der Waals surface area contributed by atoms with Crippen LogP contribution in [0.2, 0.25) is 0 Å². The Balaban J connectivity index is 1.46. The second-order valence-electron chi connectivity index (χ2n) is 8.66. The number of esters is 1. The number of rotatable bonds is 8. The molecule has 3 aromatic rings. The Morgan fingerprint density at radius 3 is 2.24 bits per heavy atom. The van der Waals surface area contributed by atoms with E-state index in [4.69, 9.17) is 9.47 Å². The number of carbonyl (C=O) groups is 3. The van der Waals surface area contributed by atoms with Gasteiger partial charge in [0.05, 0.1) is 24.8 Å². The van der Waals surface area contributed by atoms with Crippen molar-refractivity contribution in [3.8, 4) is 5.75 Å². The number of hydrogen-bond acceptors (Lipinski definition) is 5. The van der Waals surface area contributed by atoms with Gasteiger partial charge >= 0.3 is 5.97 Å². The van der Waals surface area contributed by atoms with Gasteiger partial charge in [-0.1, -0.05) is 60.2 Å². The highest BCUT2D eigenvalue weighted by atomic mass is 16.5. The van der Waals surface area contributed by atoms with Crippen LogP contribution in [-0.2, 0) is 25.7 Å². The van der Waals surface area contributed by atoms with Crippen LogP contribution in [0, 0.1) is 6.92 Å². The third-order valence-electron chi connectivity index (χ3n) is 5.98. The van der Waals surface area contributed by atoms with Crippen molar-refractivity contribution in [2.24, 2.45) is 0 Å². The van der Waals surface area contributed by atoms with E-state index in [9.17, 15) is 14.4 Å². The number of nitrogens with zero attached hydrogens (tertiary/aromatic N) is 1. The lowest BCUT2D eigenvalue weighted by atomic mass is 10.0. The molecule has 0 fully saturated rings. The van der Waals surface area contributed by atoms with Gasteiger partial charge in [-0.05, 0) is 55.3 Å². The van der Waals surface area contributed by atoms with Crippen LogP contribution < -0.4 is 10.1 Å². The highest BCUT2D eigenvalue weighted by Crippen LogP contribution is 2.33. The van der Waals surface area contributed by atoms with Crippen LogP contribution >= 0.6 is 0 Å². The topological polar surface area (TPSA) is 84.9 Å². The molecule has 2 amide bonds. The SMILES string of the molecule is COC(=O)C1=C(C)N(Cc2ccccc2)C(=O)/C1=C\c1ccc(OCC(=O)Nc2ccc(C)cc2)cc1. The van der Waals surface area contributed by atoms with Crippen molar-refractivity contribution in [1.29, 1.82) is 0 Å². The Hall–Kier alpha value is -4.65. The number of ether oxygens (including phenoxy) is 2. The normalized spacial score (nSPS) is 14.2. The maximum Gasteiger partial charge on any atom is 0.340 e. The molecule has 7 heteroatoms. The molecular weight excluding hydrogens is 468 g/mol. The van der Waals surface area contributed by atoms with E-state index in [2.05, 4.69) is 5.32 Å². The summed E-state index contributed by atoms with van der Waals surface area (Å²) in [6.07, 6.45) is 1.66. The number of methoxy groups -OCH3 is 1. The molecule has 0 saturated heterocycles. The minimum Gasteiger partial charge on any atom is -0.484 e. The van der Waals surface area contributed by atoms with Gasteiger partial charge in [0.15, 0.2) is 6.61 Å². The molecule has 37 heavy (non-hydrogen) atoms. The molecule has 7 nitrogen and oxygen atoms in total. The minimum atomic E-state index is -0.563. The molecule has 1 heterocycles. The molecule has 188 valence electrons. The first-order valence-corrected chi connectivity index (χ1v) is 11.8. The summed E-state index contributed by atoms with van der Waals surface area (Å²) in [5.74, 6) is -0.597. The summed E-state index contributed by atoms with van der Waals surface area (Å²) < 4.78 is 10.6. The van der Waals surface area contributed by atoms with E-state index in [1.165, 1.54) is 7.11 Å². The highest BCUT2D eigenvalue weighted by Gasteiger charge is 2.36. The van der Waals surface area contributed by atoms with Gasteiger partial charge < -0.3 is 19.7 Å². The lowest BCUT2D eigenvalue weighted by Gasteiger charge is -2.17. The fourth-order valence-corrected chi connectivity index (χ4v) is 3.99. The number of carbonyl (C=O) groups excluding carboxylic acids is 3. The van der Waals surface area contributed by atoms with Gasteiger partial charge in [0.25, 0.3) is 11.8 Å². The van der Waals surface area contributed by atoms with E-state index < -0.39 is 5.97 Å². The zero-order chi connectivity index (χ0) is 26.4. The first-order chi connectivity index (χ1) is 17.9. The first-order valence-electron chi connectivity index (χ1n) is 11.8. The zero-order valence-corrected chi connectivity index (χ0v) is 21.0. The van der Waals surface area contributed by atoms with Crippen LogP contribution in [-0.4, -0.2) is 36.4 Å². The van der Waals surface area contributed by atoms with Gasteiger partial charge in [-0.2, -0.15) is 0 Å². The fourth-order valence-electron chi connectivity index (χ4n) is 3.99. The van der Waals surface area contributed by atoms with Gasteiger partial charge in [-0.3, -0.25) is 9.59 Å². The summed E-state index contributed by atoms with van der Waals surface area (Å²) >= 11 is 0. The Kier molecular flexibility index (Phi) is 7.83. The summed E-state index contributed by atoms with van der Waals surface area (Å²) in [5, 5.41) is 2.79. The maximum atomic E-state index is 13.3. The van der Waals surface area contributed by atoms with Gasteiger partial charge in [0.1, 0.15) is 5.75 Å². The van der Waals surface area contributed by atoms with Gasteiger partial charge in [-0.25, -0.2) is 4.79 Å². The van der Waals surface area contributed by atoms with Crippen LogP contribution in [0.4, 0.5) is 5.69 Å². The standard InChI is InChI=1S/C30H28N2O5/c1-20-9-13-24(14-10-20)31-27(33)19-37-25-15-11-22(12-16-25)17-26-28(30(35)36-3)21(2)32(29(26)34)18-23-7-5-4-6-8-23/h4-17H,18-19H2,1-3H3,(H,31,33)/b26-17-. The Labute approximate surface area is 216 Å². The van der Waals surface area contributed by atoms with E-state index in [0.29, 0.717) is 29.2 Å². The smallest absolute Gasteiger partial charge is 0.340 e. The Morgan fingerprint density at radius 2 is 1.59 bits per heavy atom. The zero-order valence-electron chi connectivity index (χ0n) is 21.0. The van der Waals surface area contributed by atoms with Crippen molar-refractivity contribution in [3.63, 3.8) is 0 Å². The lowest BCUT2D eigenvalue weighted by molar-refractivity contribution is -0.136. The fraction of sp³-hybridized carbons (Fsp3) is 0.167. The number of hydrogen-bond donors (Lipinski definition) is 1. The number of allylic oxidation sites excluding steroid dienone is 1. The molecule has 0 spiro atoms. The van der Waals surface area contributed by atoms with Crippen LogP contribution in [0.25, 0.3) is 6.08 Å². The van der Waals surface area contributed by atoms with Crippen molar-refractivity contribution in [3.05, 3.63) is 112 Å². The van der Waals surface area contributed by atoms with Gasteiger partial charge in [0.2, 0.25) is 0 Å². The molecule has 4 rings (SSSR count). The molecule has 0 bridgehead atoms. The van der Waals surface area contributed by atoms with E-state index in [1.54, 1.807) is 42.2 Å². The molecule has 3 aromatic carbocycles. The van der Waals surface area contributed by atoms with Crippen molar-refractivity contribution < 1.29 is 23.9 Å². The molecule has 1 N–H and O–H groups in total. The third kappa shape index (κ3) is 6.13. The van der Waals surface area contributed by atoms with Gasteiger partial charge in [-0.15, -0.1) is 0 Å². The molecule has 0 atom stereocenters. The summed E-state index contributed by atoms with van der Waals surface area (Å²) in [6, 6.07) is 24.0. The van der Waals surface area contributed by atoms with Crippen molar-refractivity contribution in [1.82, 2.24) is 4.90 Å². The predicted octanol–water partition coefficient (Wildman–Crippen LogP) is 4.89. The molecule has 0 radical (unpaired) electrons. The van der Waals surface area contributed by atoms with E-state index in [-0.39, 0.29) is 29.6 Å². The maximum absolute atomic E-state index is 13.3. The number of benzene rings is 3. The quantitative estimate of drug-likeness (QED) is 0.355. The van der Waals surface area contributed by atoms with E-state index in [1.807, 2.05) is 61.5 Å². The summed E-state index contributed by atoms with van der Waals surface area (Å²) in [7, 11) is 1.30. The van der Waals surface area contributed by atoms with E-state index in [0.717, 1.165) is 11.1 Å². The van der Waals surface area contributed by atoms with Crippen molar-refractivity contribution >= 4 is 29.5 Å². The molecule has 0 aliphatic carbocycles. The van der Waals surface area contributed by atoms with E-state index >= 15 is 0 Å². The summed E-state index contributed by atoms with van der Waals surface area (Å²) in [4.78, 5) is 39.6. The largest absolute Gasteiger partial charge is 0.484 e. The third-order valence-corrected chi connectivity index (χ3v) is 5.98. The first kappa shape index (κ1) is 25.4. The van der Waals surface area contributed by atoms with Crippen LogP contribution in [0.1, 0.15) is 23.6 Å². The van der Waals surface area contributed by atoms with Gasteiger partial charge in [0, 0.05) is 11.4 Å². The molecule has 1 aliphatic heterocycles. The highest BCUT2D eigenvalue weighted by molar-refractivity contribution is 6.16. The number of amides is 2. The second kappa shape index (κ2) is 11.4. The molecule has 0 unspecified atom stereocenters. The average molecular weight is 497 g/mol. The van der Waals surface area contributed by atoms with Crippen LogP contribution in [0.5, 0.6) is 5.75 Å². The monoisotopic (exact) mass is 496 g/mol. The Bertz CT molecular complexity index is 1360. The summed E-state index contributed by atoms with van der Waals surface area (Å²) in [5.41, 5.74) is 4.53. The predicted molar refractivity (Wildman–Crippen MR) is 141 cm³/mol. The summed E-state index contributed by atoms with van der Waals surface area (Å²) in [6.45, 7) is 3.92. The molecular formula is C30H28N2O5. The van der Waals surface area contributed by atoms with Crippen LogP contribution in [0.3, 0.4) is 0 Å². The average Bonchev–Trinajstić information content (AvgIpc) is 3.14. The van der Waals surface area contributed by atoms with Crippen molar-refractivity contribution in [2.75, 3.05) is 19.0 Å². The number of aryl methyl sites for hydroxylation is 1. The second-order valence-corrected chi connectivity index (χ2v) is 8.66. The molecule has 1 aliphatic rings. The number of nitrogens with one attached hydrogen (secondary N) is 1. The Morgan fingerprint density at radius 1 is 0.919 bits per heavy atom. The number of anilines is 1. The molecule has 0 saturated carbocycles. The minimum absolute atomic E-state index is 0.143. The lowest BCUT2D eigenvalue weighted by Crippen LogP contribution is -2.24.